The van der Waals surface area contributed by atoms with Crippen LogP contribution >= 0.6 is 0 Å². The summed E-state index contributed by atoms with van der Waals surface area (Å²) in [5, 5.41) is 0. The van der Waals surface area contributed by atoms with Crippen molar-refractivity contribution in [1.29, 1.82) is 0 Å². The van der Waals surface area contributed by atoms with Gasteiger partial charge < -0.3 is 10.6 Å². The molecule has 0 aliphatic carbocycles. The third-order valence-electron chi connectivity index (χ3n) is 2.54. The molecule has 18 heavy (non-hydrogen) atoms. The number of carbonyl (C=O) groups excluding carboxylic acids is 1. The van der Waals surface area contributed by atoms with Crippen LogP contribution in [0.2, 0.25) is 0 Å². The van der Waals surface area contributed by atoms with Crippen molar-refractivity contribution in [2.24, 2.45) is 0 Å². The van der Waals surface area contributed by atoms with Gasteiger partial charge in [0.05, 0.1) is 11.3 Å². The van der Waals surface area contributed by atoms with Gasteiger partial charge in [0.15, 0.2) is 0 Å². The first kappa shape index (κ1) is 14.6. The predicted molar refractivity (Wildman–Crippen MR) is 73.8 cm³/mol. The van der Waals surface area contributed by atoms with Crippen LogP contribution < -0.4 is 5.73 Å². The van der Waals surface area contributed by atoms with Gasteiger partial charge in [-0.3, -0.25) is 14.0 Å². The van der Waals surface area contributed by atoms with Gasteiger partial charge in [0.25, 0.3) is 5.91 Å². The number of carbonyl (C=O) groups is 1. The highest BCUT2D eigenvalue weighted by atomic mass is 32.2. The summed E-state index contributed by atoms with van der Waals surface area (Å²) in [6.07, 6.45) is 5.42. The smallest absolute Gasteiger partial charge is 0.255 e. The Hall–Kier alpha value is -1.43. The van der Waals surface area contributed by atoms with E-state index in [9.17, 15) is 9.00 Å². The maximum Gasteiger partial charge on any atom is 0.255 e. The van der Waals surface area contributed by atoms with Crippen LogP contribution in [0.4, 0.5) is 5.69 Å². The van der Waals surface area contributed by atoms with Crippen LogP contribution in [-0.4, -0.2) is 45.1 Å². The molecule has 2 N–H and O–H groups in total. The van der Waals surface area contributed by atoms with Crippen LogP contribution in [0.3, 0.4) is 0 Å². The number of pyridine rings is 1. The second-order valence-electron chi connectivity index (χ2n) is 4.02. The van der Waals surface area contributed by atoms with Gasteiger partial charge in [-0.05, 0) is 19.4 Å². The molecule has 6 heteroatoms. The molecule has 0 aliphatic heterocycles. The Labute approximate surface area is 110 Å². The van der Waals surface area contributed by atoms with E-state index in [0.717, 1.165) is 6.42 Å². The average Bonchev–Trinajstić information content (AvgIpc) is 2.33. The van der Waals surface area contributed by atoms with Crippen molar-refractivity contribution in [1.82, 2.24) is 9.88 Å². The molecule has 0 radical (unpaired) electrons. The second kappa shape index (κ2) is 7.10. The second-order valence-corrected chi connectivity index (χ2v) is 5.58. The largest absolute Gasteiger partial charge is 0.397 e. The summed E-state index contributed by atoms with van der Waals surface area (Å²) in [7, 11) is -0.816. The lowest BCUT2D eigenvalue weighted by atomic mass is 10.2. The van der Waals surface area contributed by atoms with E-state index >= 15 is 0 Å². The maximum atomic E-state index is 12.2. The Morgan fingerprint density at radius 1 is 1.50 bits per heavy atom. The lowest BCUT2D eigenvalue weighted by molar-refractivity contribution is 0.0764. The summed E-state index contributed by atoms with van der Waals surface area (Å²) in [6, 6.07) is 1.62. The van der Waals surface area contributed by atoms with Crippen molar-refractivity contribution in [2.45, 2.75) is 13.3 Å². The van der Waals surface area contributed by atoms with E-state index in [1.807, 2.05) is 6.92 Å². The molecular weight excluding hydrogens is 250 g/mol. The molecule has 0 aromatic carbocycles. The molecule has 0 bridgehead atoms. The van der Waals surface area contributed by atoms with Gasteiger partial charge in [-0.15, -0.1) is 0 Å². The highest BCUT2D eigenvalue weighted by Gasteiger charge is 2.14. The van der Waals surface area contributed by atoms with Crippen molar-refractivity contribution < 1.29 is 9.00 Å². The molecule has 1 amide bonds. The fraction of sp³-hybridized carbons (Fsp3) is 0.500. The number of nitrogen functional groups attached to an aromatic ring is 1. The van der Waals surface area contributed by atoms with Crippen LogP contribution in [0.25, 0.3) is 0 Å². The van der Waals surface area contributed by atoms with Gasteiger partial charge in [-0.2, -0.15) is 0 Å². The summed E-state index contributed by atoms with van der Waals surface area (Å²) >= 11 is 0. The predicted octanol–water partition coefficient (Wildman–Crippen LogP) is 0.894. The van der Waals surface area contributed by atoms with Crippen LogP contribution in [0.15, 0.2) is 18.5 Å². The van der Waals surface area contributed by atoms with E-state index in [1.54, 1.807) is 17.2 Å². The Balaban J connectivity index is 2.64. The molecule has 0 aliphatic rings. The number of hydrogen-bond acceptors (Lipinski definition) is 4. The van der Waals surface area contributed by atoms with Crippen molar-refractivity contribution in [3.8, 4) is 0 Å². The van der Waals surface area contributed by atoms with Crippen molar-refractivity contribution >= 4 is 22.4 Å². The van der Waals surface area contributed by atoms with E-state index in [-0.39, 0.29) is 5.91 Å². The highest BCUT2D eigenvalue weighted by molar-refractivity contribution is 7.84. The first-order valence-electron chi connectivity index (χ1n) is 5.84. The number of nitrogens with zero attached hydrogens (tertiary/aromatic N) is 2. The fourth-order valence-electron chi connectivity index (χ4n) is 1.62. The number of nitrogens with two attached hydrogens (primary N) is 1. The first-order chi connectivity index (χ1) is 8.54. The Morgan fingerprint density at radius 2 is 2.22 bits per heavy atom. The minimum Gasteiger partial charge on any atom is -0.397 e. The van der Waals surface area contributed by atoms with E-state index < -0.39 is 10.8 Å². The summed E-state index contributed by atoms with van der Waals surface area (Å²) in [5.41, 5.74) is 6.58. The molecule has 1 aromatic heterocycles. The third-order valence-corrected chi connectivity index (χ3v) is 3.40. The highest BCUT2D eigenvalue weighted by Crippen LogP contribution is 2.08. The standard InChI is InChI=1S/C12H19N3O2S/c1-3-15(5-4-6-18(2)17)12(16)10-7-11(13)9-14-8-10/h7-9H,3-6,13H2,1-2H3. The molecule has 1 rings (SSSR count). The van der Waals surface area contributed by atoms with Crippen LogP contribution in [-0.2, 0) is 10.8 Å². The van der Waals surface area contributed by atoms with E-state index in [2.05, 4.69) is 4.98 Å². The third kappa shape index (κ3) is 4.44. The summed E-state index contributed by atoms with van der Waals surface area (Å²) in [6.45, 7) is 3.13. The monoisotopic (exact) mass is 269 g/mol. The fourth-order valence-corrected chi connectivity index (χ4v) is 2.15. The molecule has 0 saturated heterocycles. The number of aromatic nitrogens is 1. The number of amides is 1. The van der Waals surface area contributed by atoms with Gasteiger partial charge in [0, 0.05) is 48.3 Å². The molecule has 5 nitrogen and oxygen atoms in total. The molecule has 1 aromatic rings. The average molecular weight is 269 g/mol. The van der Waals surface area contributed by atoms with Gasteiger partial charge in [0.2, 0.25) is 0 Å². The lowest BCUT2D eigenvalue weighted by Gasteiger charge is -2.20. The van der Waals surface area contributed by atoms with Gasteiger partial charge in [-0.1, -0.05) is 0 Å². The lowest BCUT2D eigenvalue weighted by Crippen LogP contribution is -2.32. The van der Waals surface area contributed by atoms with Crippen molar-refractivity contribution in [3.63, 3.8) is 0 Å². The Morgan fingerprint density at radius 3 is 2.78 bits per heavy atom. The van der Waals surface area contributed by atoms with Gasteiger partial charge in [0.1, 0.15) is 0 Å². The van der Waals surface area contributed by atoms with Crippen molar-refractivity contribution in [2.75, 3.05) is 30.8 Å². The van der Waals surface area contributed by atoms with Gasteiger partial charge in [-0.25, -0.2) is 0 Å². The summed E-state index contributed by atoms with van der Waals surface area (Å²) < 4.78 is 11.0. The van der Waals surface area contributed by atoms with E-state index in [0.29, 0.717) is 30.1 Å². The van der Waals surface area contributed by atoms with Crippen molar-refractivity contribution in [3.05, 3.63) is 24.0 Å². The maximum absolute atomic E-state index is 12.2. The van der Waals surface area contributed by atoms with E-state index in [4.69, 9.17) is 5.73 Å². The number of hydrogen-bond donors (Lipinski definition) is 1. The summed E-state index contributed by atoms with van der Waals surface area (Å²) in [5.74, 6) is 0.526. The van der Waals surface area contributed by atoms with Crippen LogP contribution in [0.1, 0.15) is 23.7 Å². The quantitative estimate of drug-likeness (QED) is 0.832. The number of rotatable bonds is 6. The van der Waals surface area contributed by atoms with Crippen LogP contribution in [0.5, 0.6) is 0 Å². The van der Waals surface area contributed by atoms with E-state index in [1.165, 1.54) is 12.4 Å². The zero-order valence-corrected chi connectivity index (χ0v) is 11.6. The zero-order chi connectivity index (χ0) is 13.5. The Kier molecular flexibility index (Phi) is 5.77. The zero-order valence-electron chi connectivity index (χ0n) is 10.8. The Bertz CT molecular complexity index is 437. The minimum atomic E-state index is -0.816. The normalized spacial score (nSPS) is 12.1. The molecule has 0 fully saturated rings. The molecular formula is C12H19N3O2S. The summed E-state index contributed by atoms with van der Waals surface area (Å²) in [4.78, 5) is 17.8. The van der Waals surface area contributed by atoms with Crippen LogP contribution in [0, 0.1) is 0 Å². The number of anilines is 1. The first-order valence-corrected chi connectivity index (χ1v) is 7.57. The topological polar surface area (TPSA) is 76.3 Å². The van der Waals surface area contributed by atoms with Gasteiger partial charge >= 0.3 is 0 Å². The molecule has 1 atom stereocenters. The minimum absolute atomic E-state index is 0.0841. The molecule has 1 heterocycles. The molecule has 100 valence electrons. The SMILES string of the molecule is CCN(CCCS(C)=O)C(=O)c1cncc(N)c1. The molecule has 0 saturated carbocycles. The molecule has 1 unspecified atom stereocenters. The molecule has 0 spiro atoms.